The Kier molecular flexibility index (Phi) is 8.60. The Morgan fingerprint density at radius 3 is 2.67 bits per heavy atom. The van der Waals surface area contributed by atoms with Crippen LogP contribution in [0.25, 0.3) is 6.08 Å². The van der Waals surface area contributed by atoms with Crippen LogP contribution < -0.4 is 24.4 Å². The summed E-state index contributed by atoms with van der Waals surface area (Å²) in [7, 11) is 2.81. The molecule has 0 saturated heterocycles. The van der Waals surface area contributed by atoms with Crippen molar-refractivity contribution in [1.82, 2.24) is 4.57 Å². The number of unbranched alkanes of at least 4 members (excludes halogenated alkanes) is 2. The van der Waals surface area contributed by atoms with Crippen molar-refractivity contribution in [3.63, 3.8) is 0 Å². The quantitative estimate of drug-likeness (QED) is 0.162. The van der Waals surface area contributed by atoms with Gasteiger partial charge in [-0.25, -0.2) is 9.79 Å². The number of fused-ring (bicyclic) bond motifs is 1. The molecule has 1 aliphatic rings. The third-order valence-corrected chi connectivity index (χ3v) is 7.30. The molecule has 3 aromatic rings. The number of aromatic nitrogens is 1. The minimum absolute atomic E-state index is 0.0812. The molecule has 39 heavy (non-hydrogen) atoms. The number of allylic oxidation sites excluding steroid dienone is 1. The lowest BCUT2D eigenvalue weighted by atomic mass is 9.95. The van der Waals surface area contributed by atoms with Gasteiger partial charge < -0.3 is 14.2 Å². The van der Waals surface area contributed by atoms with E-state index < -0.39 is 16.9 Å². The van der Waals surface area contributed by atoms with Gasteiger partial charge in [0.05, 0.1) is 47.6 Å². The van der Waals surface area contributed by atoms with Gasteiger partial charge in [-0.3, -0.25) is 19.5 Å². The molecule has 4 rings (SSSR count). The summed E-state index contributed by atoms with van der Waals surface area (Å²) < 4.78 is 18.3. The predicted octanol–water partition coefficient (Wildman–Crippen LogP) is 3.89. The molecule has 1 unspecified atom stereocenters. The first-order valence-corrected chi connectivity index (χ1v) is 13.3. The minimum atomic E-state index is -0.830. The lowest BCUT2D eigenvalue weighted by molar-refractivity contribution is -0.384. The van der Waals surface area contributed by atoms with Crippen molar-refractivity contribution in [2.24, 2.45) is 4.99 Å². The molecule has 0 spiro atoms. The zero-order valence-corrected chi connectivity index (χ0v) is 22.9. The molecule has 1 aliphatic heterocycles. The van der Waals surface area contributed by atoms with Crippen molar-refractivity contribution in [2.45, 2.75) is 39.2 Å². The van der Waals surface area contributed by atoms with Crippen LogP contribution in [-0.2, 0) is 9.53 Å². The molecular weight excluding hydrogens is 522 g/mol. The topological polar surface area (TPSA) is 122 Å². The van der Waals surface area contributed by atoms with E-state index in [1.807, 2.05) is 0 Å². The van der Waals surface area contributed by atoms with Crippen LogP contribution in [0.3, 0.4) is 0 Å². The summed E-state index contributed by atoms with van der Waals surface area (Å²) in [5.41, 5.74) is 1.30. The number of carbonyl (C=O) groups is 1. The monoisotopic (exact) mass is 551 g/mol. The van der Waals surface area contributed by atoms with Crippen LogP contribution in [0, 0.1) is 10.1 Å². The molecule has 10 nitrogen and oxygen atoms in total. The number of nitro benzene ring substituents is 1. The molecule has 0 radical (unpaired) electrons. The zero-order valence-electron chi connectivity index (χ0n) is 22.1. The molecule has 2 aromatic carbocycles. The van der Waals surface area contributed by atoms with Gasteiger partial charge in [-0.2, -0.15) is 0 Å². The number of rotatable bonds is 10. The minimum Gasteiger partial charge on any atom is -0.493 e. The zero-order chi connectivity index (χ0) is 28.1. The van der Waals surface area contributed by atoms with Crippen LogP contribution in [0.5, 0.6) is 11.5 Å². The molecule has 0 amide bonds. The van der Waals surface area contributed by atoms with Gasteiger partial charge in [0.25, 0.3) is 11.2 Å². The lowest BCUT2D eigenvalue weighted by Crippen LogP contribution is -2.39. The second-order valence-electron chi connectivity index (χ2n) is 8.89. The lowest BCUT2D eigenvalue weighted by Gasteiger charge is -2.25. The normalized spacial score (nSPS) is 15.0. The maximum Gasteiger partial charge on any atom is 0.338 e. The number of esters is 1. The van der Waals surface area contributed by atoms with Gasteiger partial charge in [0.15, 0.2) is 16.3 Å². The highest BCUT2D eigenvalue weighted by Crippen LogP contribution is 2.36. The van der Waals surface area contributed by atoms with Crippen molar-refractivity contribution in [3.05, 3.63) is 94.7 Å². The Bertz CT molecular complexity index is 1620. The summed E-state index contributed by atoms with van der Waals surface area (Å²) in [4.78, 5) is 42.3. The number of non-ortho nitro benzene ring substituents is 1. The number of hydrogen-bond donors (Lipinski definition) is 0. The number of benzene rings is 2. The first-order valence-electron chi connectivity index (χ1n) is 12.4. The maximum atomic E-state index is 13.7. The smallest absolute Gasteiger partial charge is 0.338 e. The highest BCUT2D eigenvalue weighted by Gasteiger charge is 2.33. The number of nitrogens with zero attached hydrogens (tertiary/aromatic N) is 3. The average Bonchev–Trinajstić information content (AvgIpc) is 3.23. The molecular formula is C28H29N3O7S. The van der Waals surface area contributed by atoms with E-state index in [1.54, 1.807) is 43.3 Å². The Labute approximate surface area is 228 Å². The summed E-state index contributed by atoms with van der Waals surface area (Å²) in [6, 6.07) is 10.5. The van der Waals surface area contributed by atoms with Crippen molar-refractivity contribution >= 4 is 29.1 Å². The van der Waals surface area contributed by atoms with Crippen LogP contribution in [-0.4, -0.2) is 36.3 Å². The molecule has 0 saturated carbocycles. The fourth-order valence-corrected chi connectivity index (χ4v) is 5.44. The van der Waals surface area contributed by atoms with E-state index in [2.05, 4.69) is 11.9 Å². The number of ether oxygens (including phenoxy) is 3. The predicted molar refractivity (Wildman–Crippen MR) is 147 cm³/mol. The molecule has 0 bridgehead atoms. The summed E-state index contributed by atoms with van der Waals surface area (Å²) >= 11 is 1.14. The largest absolute Gasteiger partial charge is 0.493 e. The van der Waals surface area contributed by atoms with E-state index >= 15 is 0 Å². The van der Waals surface area contributed by atoms with Crippen molar-refractivity contribution < 1.29 is 23.9 Å². The third kappa shape index (κ3) is 5.78. The van der Waals surface area contributed by atoms with E-state index in [0.717, 1.165) is 30.6 Å². The fourth-order valence-electron chi connectivity index (χ4n) is 4.40. The van der Waals surface area contributed by atoms with Gasteiger partial charge in [0.1, 0.15) is 0 Å². The Morgan fingerprint density at radius 2 is 1.97 bits per heavy atom. The van der Waals surface area contributed by atoms with E-state index in [9.17, 15) is 19.7 Å². The number of nitro groups is 1. The maximum absolute atomic E-state index is 13.7. The third-order valence-electron chi connectivity index (χ3n) is 6.31. The van der Waals surface area contributed by atoms with Crippen LogP contribution >= 0.6 is 11.3 Å². The van der Waals surface area contributed by atoms with Crippen molar-refractivity contribution in [3.8, 4) is 11.5 Å². The van der Waals surface area contributed by atoms with E-state index in [-0.39, 0.29) is 16.8 Å². The van der Waals surface area contributed by atoms with Gasteiger partial charge in [-0.1, -0.05) is 49.3 Å². The van der Waals surface area contributed by atoms with E-state index in [0.29, 0.717) is 44.3 Å². The van der Waals surface area contributed by atoms with Crippen LogP contribution in [0.15, 0.2) is 63.5 Å². The van der Waals surface area contributed by atoms with Crippen LogP contribution in [0.2, 0.25) is 0 Å². The van der Waals surface area contributed by atoms with Gasteiger partial charge in [-0.15, -0.1) is 0 Å². The average molecular weight is 552 g/mol. The van der Waals surface area contributed by atoms with Gasteiger partial charge in [-0.05, 0) is 42.7 Å². The molecule has 1 aromatic heterocycles. The number of methoxy groups -OCH3 is 2. The number of thiazole rings is 1. The summed E-state index contributed by atoms with van der Waals surface area (Å²) in [6.07, 6.45) is 4.63. The second kappa shape index (κ2) is 12.1. The molecule has 0 fully saturated rings. The van der Waals surface area contributed by atoms with Gasteiger partial charge in [0.2, 0.25) is 0 Å². The van der Waals surface area contributed by atoms with E-state index in [4.69, 9.17) is 14.2 Å². The Morgan fingerprint density at radius 1 is 1.18 bits per heavy atom. The van der Waals surface area contributed by atoms with Crippen LogP contribution in [0.1, 0.15) is 50.3 Å². The molecule has 11 heteroatoms. The molecule has 204 valence electrons. The SMILES string of the molecule is CCCCCOc1ccc(C2C(C(=O)OC)=C(C)N=c3s/c(=C\c4cccc([N+](=O)[O-])c4)c(=O)n32)cc1OC. The highest BCUT2D eigenvalue weighted by atomic mass is 32.1. The molecule has 2 heterocycles. The molecule has 0 aliphatic carbocycles. The van der Waals surface area contributed by atoms with Crippen LogP contribution in [0.4, 0.5) is 5.69 Å². The van der Waals surface area contributed by atoms with Gasteiger partial charge in [0, 0.05) is 12.1 Å². The Hall–Kier alpha value is -4.25. The summed E-state index contributed by atoms with van der Waals surface area (Å²) in [5.74, 6) is 0.436. The molecule has 0 N–H and O–H groups in total. The van der Waals surface area contributed by atoms with Crippen molar-refractivity contribution in [2.75, 3.05) is 20.8 Å². The fraction of sp³-hybridized carbons (Fsp3) is 0.321. The molecule has 1 atom stereocenters. The number of hydrogen-bond acceptors (Lipinski definition) is 9. The first kappa shape index (κ1) is 27.8. The highest BCUT2D eigenvalue weighted by molar-refractivity contribution is 7.07. The first-order chi connectivity index (χ1) is 18.8. The number of carbonyl (C=O) groups excluding carboxylic acids is 1. The van der Waals surface area contributed by atoms with E-state index in [1.165, 1.54) is 30.9 Å². The van der Waals surface area contributed by atoms with Crippen molar-refractivity contribution in [1.29, 1.82) is 0 Å². The van der Waals surface area contributed by atoms with Gasteiger partial charge >= 0.3 is 5.97 Å². The Balaban J connectivity index is 1.85. The summed E-state index contributed by atoms with van der Waals surface area (Å²) in [6.45, 7) is 4.36. The standard InChI is InChI=1S/C28H29N3O7S/c1-5-6-7-13-38-21-12-11-19(16-22(21)36-3)25-24(27(33)37-4)17(2)29-28-30(25)26(32)23(39-28)15-18-9-8-10-20(14-18)31(34)35/h8-12,14-16,25H,5-7,13H2,1-4H3/b23-15-. The second-order valence-corrected chi connectivity index (χ2v) is 9.90. The summed E-state index contributed by atoms with van der Waals surface area (Å²) in [5, 5.41) is 11.2.